The van der Waals surface area contributed by atoms with Crippen molar-refractivity contribution in [2.24, 2.45) is 0 Å². The lowest BCUT2D eigenvalue weighted by molar-refractivity contribution is 0.0601. The molecular formula is C24H19FN2O3S. The minimum atomic E-state index is -0.449. The number of aryl methyl sites for hydroxylation is 1. The Hall–Kier alpha value is -3.19. The van der Waals surface area contributed by atoms with Crippen molar-refractivity contribution in [1.82, 2.24) is 9.55 Å². The third kappa shape index (κ3) is 2.87. The van der Waals surface area contributed by atoms with E-state index in [1.165, 1.54) is 26.0 Å². The molecule has 2 aromatic carbocycles. The standard InChI is InChI=1S/C24H19FN2O3S/c1-12-7-16(25)21-18-10-15-9-14(24(28)29-2)5-6-17(15)27(18)23(30-19(21)8-12)20-11-26-22(31-20)13-3-4-13/h5-11,13,23H,3-4H2,1-2H3. The first kappa shape index (κ1) is 18.6. The molecule has 0 radical (unpaired) electrons. The molecule has 1 saturated carbocycles. The molecule has 0 bridgehead atoms. The lowest BCUT2D eigenvalue weighted by Gasteiger charge is -2.29. The molecule has 156 valence electrons. The number of thiazole rings is 1. The molecule has 0 N–H and O–H groups in total. The highest BCUT2D eigenvalue weighted by molar-refractivity contribution is 7.11. The molecule has 1 unspecified atom stereocenters. The maximum absolute atomic E-state index is 15.1. The van der Waals surface area contributed by atoms with Crippen LogP contribution in [0.1, 0.15) is 50.8 Å². The number of carbonyl (C=O) groups is 1. The molecule has 5 nitrogen and oxygen atoms in total. The van der Waals surface area contributed by atoms with Crippen LogP contribution in [0.15, 0.2) is 42.6 Å². The first-order chi connectivity index (χ1) is 15.0. The van der Waals surface area contributed by atoms with Gasteiger partial charge < -0.3 is 9.47 Å². The van der Waals surface area contributed by atoms with Gasteiger partial charge in [-0.25, -0.2) is 14.2 Å². The summed E-state index contributed by atoms with van der Waals surface area (Å²) in [6.07, 6.45) is 3.79. The molecule has 1 fully saturated rings. The van der Waals surface area contributed by atoms with Crippen LogP contribution in [0.25, 0.3) is 22.2 Å². The molecule has 2 aromatic heterocycles. The molecule has 7 heteroatoms. The van der Waals surface area contributed by atoms with Crippen LogP contribution < -0.4 is 4.74 Å². The van der Waals surface area contributed by atoms with Crippen molar-refractivity contribution in [3.63, 3.8) is 0 Å². The molecule has 6 rings (SSSR count). The van der Waals surface area contributed by atoms with Gasteiger partial charge in [-0.1, -0.05) is 0 Å². The Morgan fingerprint density at radius 1 is 1.26 bits per heavy atom. The summed E-state index contributed by atoms with van der Waals surface area (Å²) < 4.78 is 28.3. The summed E-state index contributed by atoms with van der Waals surface area (Å²) in [5.41, 5.74) is 3.27. The van der Waals surface area contributed by atoms with Crippen molar-refractivity contribution in [1.29, 1.82) is 0 Å². The zero-order valence-electron chi connectivity index (χ0n) is 17.0. The monoisotopic (exact) mass is 434 g/mol. The summed E-state index contributed by atoms with van der Waals surface area (Å²) in [5, 5.41) is 1.96. The Morgan fingerprint density at radius 2 is 2.10 bits per heavy atom. The van der Waals surface area contributed by atoms with Gasteiger partial charge >= 0.3 is 5.97 Å². The predicted octanol–water partition coefficient (Wildman–Crippen LogP) is 5.82. The number of benzene rings is 2. The molecule has 31 heavy (non-hydrogen) atoms. The van der Waals surface area contributed by atoms with E-state index in [1.807, 2.05) is 35.9 Å². The molecule has 0 saturated heterocycles. The highest BCUT2D eigenvalue weighted by Gasteiger charge is 2.34. The van der Waals surface area contributed by atoms with Crippen LogP contribution in [-0.4, -0.2) is 22.6 Å². The lowest BCUT2D eigenvalue weighted by atomic mass is 10.1. The molecule has 0 spiro atoms. The van der Waals surface area contributed by atoms with Crippen molar-refractivity contribution in [3.05, 3.63) is 69.4 Å². The Balaban J connectivity index is 1.59. The van der Waals surface area contributed by atoms with Gasteiger partial charge in [-0.2, -0.15) is 0 Å². The van der Waals surface area contributed by atoms with Crippen LogP contribution in [0.5, 0.6) is 5.75 Å². The van der Waals surface area contributed by atoms with E-state index in [1.54, 1.807) is 23.5 Å². The van der Waals surface area contributed by atoms with Crippen LogP contribution in [-0.2, 0) is 4.74 Å². The number of carbonyl (C=O) groups excluding carboxylic acids is 1. The smallest absolute Gasteiger partial charge is 0.337 e. The number of aromatic nitrogens is 2. The topological polar surface area (TPSA) is 53.4 Å². The number of fused-ring (bicyclic) bond motifs is 5. The van der Waals surface area contributed by atoms with Crippen LogP contribution in [0, 0.1) is 12.7 Å². The summed E-state index contributed by atoms with van der Waals surface area (Å²) in [7, 11) is 1.36. The summed E-state index contributed by atoms with van der Waals surface area (Å²) in [6, 6.07) is 10.7. The van der Waals surface area contributed by atoms with E-state index in [9.17, 15) is 4.79 Å². The Labute approximate surface area is 182 Å². The number of methoxy groups -OCH3 is 1. The molecule has 4 aromatic rings. The van der Waals surface area contributed by atoms with E-state index in [4.69, 9.17) is 9.47 Å². The van der Waals surface area contributed by atoms with Gasteiger partial charge in [-0.15, -0.1) is 11.3 Å². The molecule has 2 aliphatic rings. The van der Waals surface area contributed by atoms with E-state index in [0.717, 1.165) is 32.0 Å². The average Bonchev–Trinajstić information content (AvgIpc) is 3.36. The van der Waals surface area contributed by atoms with Crippen molar-refractivity contribution in [2.75, 3.05) is 7.11 Å². The van der Waals surface area contributed by atoms with E-state index in [2.05, 4.69) is 4.98 Å². The minimum Gasteiger partial charge on any atom is -0.465 e. The number of halogens is 1. The van der Waals surface area contributed by atoms with Gasteiger partial charge in [0.05, 0.1) is 39.3 Å². The minimum absolute atomic E-state index is 0.325. The number of rotatable bonds is 3. The summed E-state index contributed by atoms with van der Waals surface area (Å²) in [4.78, 5) is 17.6. The second-order valence-electron chi connectivity index (χ2n) is 8.13. The number of ether oxygens (including phenoxy) is 2. The molecular weight excluding hydrogens is 415 g/mol. The van der Waals surface area contributed by atoms with Gasteiger partial charge in [-0.3, -0.25) is 4.57 Å². The van der Waals surface area contributed by atoms with E-state index in [0.29, 0.717) is 22.8 Å². The molecule has 3 heterocycles. The lowest BCUT2D eigenvalue weighted by Crippen LogP contribution is -2.22. The summed E-state index contributed by atoms with van der Waals surface area (Å²) in [5.74, 6) is 0.344. The van der Waals surface area contributed by atoms with Crippen molar-refractivity contribution in [3.8, 4) is 17.0 Å². The summed E-state index contributed by atoms with van der Waals surface area (Å²) >= 11 is 1.66. The van der Waals surface area contributed by atoms with Gasteiger partial charge in [0, 0.05) is 17.5 Å². The van der Waals surface area contributed by atoms with Crippen LogP contribution in [0.3, 0.4) is 0 Å². The number of nitrogens with zero attached hydrogens (tertiary/aromatic N) is 2. The molecule has 1 atom stereocenters. The number of esters is 1. The fourth-order valence-corrected chi connectivity index (χ4v) is 5.38. The SMILES string of the molecule is COC(=O)c1ccc2c(c1)cc1n2C(c2cnc(C3CC3)s2)Oc2cc(C)cc(F)c2-1. The second kappa shape index (κ2) is 6.65. The quantitative estimate of drug-likeness (QED) is 0.382. The van der Waals surface area contributed by atoms with Gasteiger partial charge in [0.1, 0.15) is 11.6 Å². The first-order valence-electron chi connectivity index (χ1n) is 10.2. The zero-order valence-corrected chi connectivity index (χ0v) is 17.8. The third-order valence-corrected chi connectivity index (χ3v) is 7.09. The van der Waals surface area contributed by atoms with Crippen molar-refractivity contribution >= 4 is 28.2 Å². The number of hydrogen-bond donors (Lipinski definition) is 0. The third-order valence-electron chi connectivity index (χ3n) is 5.90. The fraction of sp³-hybridized carbons (Fsp3) is 0.250. The van der Waals surface area contributed by atoms with Gasteiger partial charge in [0.2, 0.25) is 6.23 Å². The van der Waals surface area contributed by atoms with E-state index in [-0.39, 0.29) is 5.82 Å². The fourth-order valence-electron chi connectivity index (χ4n) is 4.27. The predicted molar refractivity (Wildman–Crippen MR) is 116 cm³/mol. The summed E-state index contributed by atoms with van der Waals surface area (Å²) in [6.45, 7) is 1.85. The molecule has 0 amide bonds. The van der Waals surface area contributed by atoms with Gasteiger partial charge in [0.25, 0.3) is 0 Å². The zero-order chi connectivity index (χ0) is 21.3. The maximum Gasteiger partial charge on any atom is 0.337 e. The van der Waals surface area contributed by atoms with Gasteiger partial charge in [0.15, 0.2) is 0 Å². The largest absolute Gasteiger partial charge is 0.465 e. The normalized spacial score (nSPS) is 17.2. The molecule has 1 aliphatic carbocycles. The van der Waals surface area contributed by atoms with Crippen LogP contribution in [0.2, 0.25) is 0 Å². The van der Waals surface area contributed by atoms with E-state index < -0.39 is 12.2 Å². The Morgan fingerprint density at radius 3 is 2.87 bits per heavy atom. The second-order valence-corrected chi connectivity index (χ2v) is 9.22. The highest BCUT2D eigenvalue weighted by Crippen LogP contribution is 2.48. The average molecular weight is 434 g/mol. The van der Waals surface area contributed by atoms with Crippen LogP contribution >= 0.6 is 11.3 Å². The first-order valence-corrected chi connectivity index (χ1v) is 11.0. The molecule has 1 aliphatic heterocycles. The van der Waals surface area contributed by atoms with Gasteiger partial charge in [-0.05, 0) is 61.7 Å². The Bertz CT molecular complexity index is 1370. The highest BCUT2D eigenvalue weighted by atomic mass is 32.1. The van der Waals surface area contributed by atoms with Crippen molar-refractivity contribution in [2.45, 2.75) is 31.9 Å². The Kier molecular flexibility index (Phi) is 3.99. The van der Waals surface area contributed by atoms with Crippen molar-refractivity contribution < 1.29 is 18.7 Å². The van der Waals surface area contributed by atoms with E-state index >= 15 is 4.39 Å². The number of hydrogen-bond acceptors (Lipinski definition) is 5. The van der Waals surface area contributed by atoms with Crippen LogP contribution in [0.4, 0.5) is 4.39 Å². The maximum atomic E-state index is 15.1.